The van der Waals surface area contributed by atoms with Crippen molar-refractivity contribution < 1.29 is 4.39 Å². The minimum Gasteiger partial charge on any atom is -0.205 e. The van der Waals surface area contributed by atoms with Crippen molar-refractivity contribution in [2.45, 2.75) is 103 Å². The third kappa shape index (κ3) is 6.21. The van der Waals surface area contributed by atoms with E-state index in [1.165, 1.54) is 77.0 Å². The maximum Gasteiger partial charge on any atom is 0.142 e. The molecule has 2 aliphatic rings. The van der Waals surface area contributed by atoms with Crippen LogP contribution < -0.4 is 0 Å². The van der Waals surface area contributed by atoms with Gasteiger partial charge in [0.1, 0.15) is 17.4 Å². The first kappa shape index (κ1) is 22.6. The number of benzene rings is 1. The van der Waals surface area contributed by atoms with Crippen molar-refractivity contribution in [1.82, 2.24) is 0 Å². The lowest BCUT2D eigenvalue weighted by molar-refractivity contribution is 0.155. The molecule has 0 radical (unpaired) electrons. The number of unbranched alkanes of at least 4 members (excludes halogenated alkanes) is 4. The summed E-state index contributed by atoms with van der Waals surface area (Å²) in [6, 6.07) is 5.22. The molecular formula is C26H37ClFN. The Morgan fingerprint density at radius 1 is 0.931 bits per heavy atom. The number of halogens is 2. The summed E-state index contributed by atoms with van der Waals surface area (Å²) >= 11 is 6.12. The van der Waals surface area contributed by atoms with Crippen LogP contribution in [0.25, 0.3) is 0 Å². The molecule has 0 amide bonds. The monoisotopic (exact) mass is 417 g/mol. The van der Waals surface area contributed by atoms with Crippen molar-refractivity contribution in [2.24, 2.45) is 17.8 Å². The highest BCUT2D eigenvalue weighted by Crippen LogP contribution is 2.45. The van der Waals surface area contributed by atoms with E-state index in [1.54, 1.807) is 6.07 Å². The summed E-state index contributed by atoms with van der Waals surface area (Å²) in [6.07, 6.45) is 19.0. The van der Waals surface area contributed by atoms with Crippen LogP contribution in [0.4, 0.5) is 4.39 Å². The minimum atomic E-state index is -0.467. The average molecular weight is 418 g/mol. The Bertz CT molecular complexity index is 655. The fraction of sp³-hybridized carbons (Fsp3) is 0.731. The van der Waals surface area contributed by atoms with Crippen molar-refractivity contribution >= 4 is 11.6 Å². The Balaban J connectivity index is 1.41. The van der Waals surface area contributed by atoms with Crippen LogP contribution in [0.5, 0.6) is 0 Å². The van der Waals surface area contributed by atoms with Crippen LogP contribution in [0.3, 0.4) is 0 Å². The molecule has 1 aromatic rings. The van der Waals surface area contributed by atoms with E-state index < -0.39 is 5.82 Å². The van der Waals surface area contributed by atoms with Crippen LogP contribution in [0.15, 0.2) is 12.1 Å². The van der Waals surface area contributed by atoms with Gasteiger partial charge in [-0.1, -0.05) is 69.9 Å². The van der Waals surface area contributed by atoms with Gasteiger partial charge in [0.15, 0.2) is 0 Å². The predicted molar refractivity (Wildman–Crippen MR) is 120 cm³/mol. The highest BCUT2D eigenvalue weighted by atomic mass is 35.5. The number of hydrogen-bond donors (Lipinski definition) is 0. The first-order chi connectivity index (χ1) is 14.1. The molecule has 2 fully saturated rings. The summed E-state index contributed by atoms with van der Waals surface area (Å²) in [4.78, 5) is 0. The minimum absolute atomic E-state index is 0.0220. The van der Waals surface area contributed by atoms with E-state index in [2.05, 4.69) is 6.92 Å². The first-order valence-corrected chi connectivity index (χ1v) is 12.4. The van der Waals surface area contributed by atoms with E-state index in [4.69, 9.17) is 16.9 Å². The zero-order valence-corrected chi connectivity index (χ0v) is 18.8. The summed E-state index contributed by atoms with van der Waals surface area (Å²) < 4.78 is 14.1. The van der Waals surface area contributed by atoms with Gasteiger partial charge in [0.05, 0.1) is 5.02 Å². The van der Waals surface area contributed by atoms with Crippen LogP contribution in [-0.2, 0) is 0 Å². The van der Waals surface area contributed by atoms with Crippen molar-refractivity contribution in [1.29, 1.82) is 5.26 Å². The summed E-state index contributed by atoms with van der Waals surface area (Å²) in [5.41, 5.74) is 0.961. The number of nitrogens with zero attached hydrogens (tertiary/aromatic N) is 1. The lowest BCUT2D eigenvalue weighted by Crippen LogP contribution is -2.25. The Kier molecular flexibility index (Phi) is 8.85. The molecular weight excluding hydrogens is 381 g/mol. The molecule has 0 spiro atoms. The smallest absolute Gasteiger partial charge is 0.142 e. The zero-order valence-electron chi connectivity index (χ0n) is 18.1. The molecule has 0 bridgehead atoms. The standard InChI is InChI=1S/C26H37ClFN/c1-2-3-4-5-6-7-19-8-10-20(11-9-19)21-12-14-22(15-13-21)23-16-25(27)24(18-29)26(28)17-23/h16-17,19-22H,2-15H2,1H3. The summed E-state index contributed by atoms with van der Waals surface area (Å²) in [7, 11) is 0. The Morgan fingerprint density at radius 2 is 1.55 bits per heavy atom. The molecule has 0 saturated heterocycles. The van der Waals surface area contributed by atoms with Crippen LogP contribution in [0.1, 0.15) is 114 Å². The highest BCUT2D eigenvalue weighted by Gasteiger charge is 2.31. The van der Waals surface area contributed by atoms with Gasteiger partial charge in [-0.2, -0.15) is 5.26 Å². The SMILES string of the molecule is CCCCCCCC1CCC(C2CCC(c3cc(F)c(C#N)c(Cl)c3)CC2)CC1. The zero-order chi connectivity index (χ0) is 20.6. The van der Waals surface area contributed by atoms with Crippen LogP contribution in [0, 0.1) is 34.9 Å². The second-order valence-electron chi connectivity index (χ2n) is 9.57. The molecule has 0 atom stereocenters. The Morgan fingerprint density at radius 3 is 2.14 bits per heavy atom. The second kappa shape index (κ2) is 11.4. The molecule has 2 aliphatic carbocycles. The van der Waals surface area contributed by atoms with E-state index in [1.807, 2.05) is 12.1 Å². The third-order valence-corrected chi connectivity index (χ3v) is 7.99. The van der Waals surface area contributed by atoms with E-state index in [0.717, 1.165) is 36.2 Å². The summed E-state index contributed by atoms with van der Waals surface area (Å²) in [5.74, 6) is 2.67. The molecule has 160 valence electrons. The summed E-state index contributed by atoms with van der Waals surface area (Å²) in [6.45, 7) is 2.28. The highest BCUT2D eigenvalue weighted by molar-refractivity contribution is 6.31. The van der Waals surface area contributed by atoms with Crippen LogP contribution >= 0.6 is 11.6 Å². The van der Waals surface area contributed by atoms with Gasteiger partial charge in [0, 0.05) is 0 Å². The van der Waals surface area contributed by atoms with Crippen LogP contribution in [-0.4, -0.2) is 0 Å². The quantitative estimate of drug-likeness (QED) is 0.387. The van der Waals surface area contributed by atoms with E-state index in [9.17, 15) is 4.39 Å². The van der Waals surface area contributed by atoms with Gasteiger partial charge in [-0.15, -0.1) is 0 Å². The van der Waals surface area contributed by atoms with Crippen molar-refractivity contribution in [3.05, 3.63) is 34.1 Å². The number of nitriles is 1. The first-order valence-electron chi connectivity index (χ1n) is 12.0. The Hall–Kier alpha value is -1.07. The van der Waals surface area contributed by atoms with E-state index in [-0.39, 0.29) is 10.6 Å². The molecule has 0 heterocycles. The third-order valence-electron chi connectivity index (χ3n) is 7.69. The molecule has 3 rings (SSSR count). The molecule has 29 heavy (non-hydrogen) atoms. The molecule has 0 unspecified atom stereocenters. The van der Waals surface area contributed by atoms with Gasteiger partial charge in [0.25, 0.3) is 0 Å². The lowest BCUT2D eigenvalue weighted by Gasteiger charge is -2.38. The normalized spacial score (nSPS) is 27.5. The van der Waals surface area contributed by atoms with Crippen molar-refractivity contribution in [2.75, 3.05) is 0 Å². The molecule has 0 aliphatic heterocycles. The predicted octanol–water partition coefficient (Wildman–Crippen LogP) is 8.79. The lowest BCUT2D eigenvalue weighted by atomic mass is 9.68. The molecule has 0 aromatic heterocycles. The maximum absolute atomic E-state index is 14.1. The number of hydrogen-bond acceptors (Lipinski definition) is 1. The fourth-order valence-corrected chi connectivity index (χ4v) is 6.10. The van der Waals surface area contributed by atoms with Crippen molar-refractivity contribution in [3.63, 3.8) is 0 Å². The van der Waals surface area contributed by atoms with Gasteiger partial charge in [-0.3, -0.25) is 0 Å². The maximum atomic E-state index is 14.1. The van der Waals surface area contributed by atoms with Crippen LogP contribution in [0.2, 0.25) is 5.02 Å². The van der Waals surface area contributed by atoms with Gasteiger partial charge in [-0.05, 0) is 79.9 Å². The Labute approximate surface area is 182 Å². The van der Waals surface area contributed by atoms with Gasteiger partial charge >= 0.3 is 0 Å². The van der Waals surface area contributed by atoms with Crippen molar-refractivity contribution in [3.8, 4) is 6.07 Å². The number of rotatable bonds is 8. The van der Waals surface area contributed by atoms with Gasteiger partial charge < -0.3 is 0 Å². The van der Waals surface area contributed by atoms with E-state index >= 15 is 0 Å². The molecule has 1 nitrogen and oxygen atoms in total. The average Bonchev–Trinajstić information content (AvgIpc) is 2.74. The molecule has 3 heteroatoms. The topological polar surface area (TPSA) is 23.8 Å². The van der Waals surface area contributed by atoms with Gasteiger partial charge in [-0.25, -0.2) is 4.39 Å². The fourth-order valence-electron chi connectivity index (χ4n) is 5.84. The summed E-state index contributed by atoms with van der Waals surface area (Å²) in [5, 5.41) is 9.27. The second-order valence-corrected chi connectivity index (χ2v) is 9.97. The molecule has 0 N–H and O–H groups in total. The molecule has 1 aromatic carbocycles. The van der Waals surface area contributed by atoms with Gasteiger partial charge in [0.2, 0.25) is 0 Å². The molecule has 2 saturated carbocycles. The largest absolute Gasteiger partial charge is 0.205 e. The van der Waals surface area contributed by atoms with E-state index in [0.29, 0.717) is 5.92 Å².